The molecule has 7 nitrogen and oxygen atoms in total. The first-order valence-electron chi connectivity index (χ1n) is 14.1. The van der Waals surface area contributed by atoms with Crippen LogP contribution in [0, 0.1) is 18.8 Å². The number of hydrogen-bond donors (Lipinski definition) is 2. The maximum absolute atomic E-state index is 14.1. The lowest BCUT2D eigenvalue weighted by molar-refractivity contribution is -0.141. The lowest BCUT2D eigenvalue weighted by Crippen LogP contribution is -2.56. The van der Waals surface area contributed by atoms with Crippen molar-refractivity contribution in [1.82, 2.24) is 10.2 Å². The molecule has 9 heteroatoms. The van der Waals surface area contributed by atoms with Crippen LogP contribution >= 0.6 is 23.2 Å². The third-order valence-electron chi connectivity index (χ3n) is 8.90. The van der Waals surface area contributed by atoms with Gasteiger partial charge in [-0.3, -0.25) is 14.4 Å². The maximum Gasteiger partial charge on any atom is 0.246 e. The molecule has 2 saturated heterocycles. The molecular formula is C31H33Cl2N3O4. The summed E-state index contributed by atoms with van der Waals surface area (Å²) in [4.78, 5) is 43.4. The number of rotatable bonds is 7. The highest BCUT2D eigenvalue weighted by molar-refractivity contribution is 6.31. The quantitative estimate of drug-likeness (QED) is 0.446. The summed E-state index contributed by atoms with van der Waals surface area (Å²) in [6, 6.07) is 12.0. The Morgan fingerprint density at radius 2 is 1.82 bits per heavy atom. The van der Waals surface area contributed by atoms with Crippen LogP contribution < -0.4 is 10.6 Å². The van der Waals surface area contributed by atoms with Crippen molar-refractivity contribution in [3.63, 3.8) is 0 Å². The number of hydrogen-bond acceptors (Lipinski definition) is 4. The molecule has 5 unspecified atom stereocenters. The van der Waals surface area contributed by atoms with Gasteiger partial charge >= 0.3 is 0 Å². The number of carbonyl (C=O) groups excluding carboxylic acids is 3. The summed E-state index contributed by atoms with van der Waals surface area (Å²) in [5.74, 6) is -2.37. The van der Waals surface area contributed by atoms with Gasteiger partial charge in [-0.2, -0.15) is 0 Å². The predicted molar refractivity (Wildman–Crippen MR) is 154 cm³/mol. The van der Waals surface area contributed by atoms with Gasteiger partial charge in [0, 0.05) is 28.3 Å². The molecule has 5 atom stereocenters. The number of amides is 3. The fourth-order valence-electron chi connectivity index (χ4n) is 6.87. The van der Waals surface area contributed by atoms with Crippen LogP contribution in [0.4, 0.5) is 5.69 Å². The van der Waals surface area contributed by atoms with Gasteiger partial charge in [0.25, 0.3) is 0 Å². The van der Waals surface area contributed by atoms with Crippen molar-refractivity contribution >= 4 is 46.6 Å². The van der Waals surface area contributed by atoms with E-state index in [0.29, 0.717) is 22.2 Å². The number of carbonyl (C=O) groups is 3. The van der Waals surface area contributed by atoms with Gasteiger partial charge in [-0.15, -0.1) is 0 Å². The van der Waals surface area contributed by atoms with Crippen LogP contribution in [-0.4, -0.2) is 53.0 Å². The smallest absolute Gasteiger partial charge is 0.246 e. The van der Waals surface area contributed by atoms with E-state index in [4.69, 9.17) is 27.9 Å². The first-order chi connectivity index (χ1) is 19.3. The molecule has 2 bridgehead atoms. The van der Waals surface area contributed by atoms with Crippen LogP contribution in [0.15, 0.2) is 54.6 Å². The number of likely N-dealkylation sites (tertiary alicyclic amines) is 1. The van der Waals surface area contributed by atoms with Gasteiger partial charge < -0.3 is 20.3 Å². The van der Waals surface area contributed by atoms with Crippen LogP contribution in [0.1, 0.15) is 43.2 Å². The summed E-state index contributed by atoms with van der Waals surface area (Å²) >= 11 is 12.7. The molecular weight excluding hydrogens is 549 g/mol. The molecule has 4 aliphatic rings. The second kappa shape index (κ2) is 10.8. The Hall–Kier alpha value is -2.87. The molecule has 1 spiro atoms. The van der Waals surface area contributed by atoms with Crippen molar-refractivity contribution in [3.05, 3.63) is 75.8 Å². The van der Waals surface area contributed by atoms with Gasteiger partial charge in [-0.05, 0) is 55.5 Å². The topological polar surface area (TPSA) is 87.7 Å². The summed E-state index contributed by atoms with van der Waals surface area (Å²) in [5.41, 5.74) is 1.14. The molecule has 2 aromatic carbocycles. The standard InChI is InChI=1S/C31H33Cl2N3O4/c1-18-11-12-21(17-23(18)33)35-28(37)25-24-13-15-31(40-24)26(25)30(39)36(16-14-19-7-5-6-10-22(19)32)27(31)29(38)34-20-8-3-2-4-9-20/h5-7,10-13,15,17,20,24-27H,2-4,8-9,14,16H2,1H3,(H,34,38)(H,35,37). The lowest BCUT2D eigenvalue weighted by Gasteiger charge is -2.34. The molecule has 0 aromatic heterocycles. The lowest BCUT2D eigenvalue weighted by atomic mass is 9.74. The van der Waals surface area contributed by atoms with Crippen LogP contribution in [0.3, 0.4) is 0 Å². The predicted octanol–water partition coefficient (Wildman–Crippen LogP) is 5.08. The Morgan fingerprint density at radius 3 is 2.58 bits per heavy atom. The number of aryl methyl sites for hydroxylation is 1. The SMILES string of the molecule is Cc1ccc(NC(=O)C2C3C=CC4(O3)C2C(=O)N(CCc2ccccc2Cl)C4C(=O)NC2CCCCC2)cc1Cl. The Morgan fingerprint density at radius 1 is 1.05 bits per heavy atom. The minimum Gasteiger partial charge on any atom is -0.359 e. The highest BCUT2D eigenvalue weighted by Gasteiger charge is 2.72. The zero-order valence-corrected chi connectivity index (χ0v) is 23.9. The zero-order valence-electron chi connectivity index (χ0n) is 22.4. The number of nitrogens with zero attached hydrogens (tertiary/aromatic N) is 1. The number of benzene rings is 2. The van der Waals surface area contributed by atoms with Crippen molar-refractivity contribution in [1.29, 1.82) is 0 Å². The Bertz CT molecular complexity index is 1370. The first kappa shape index (κ1) is 27.3. The minimum absolute atomic E-state index is 0.0742. The Balaban J connectivity index is 1.30. The van der Waals surface area contributed by atoms with Crippen molar-refractivity contribution in [2.45, 2.75) is 69.2 Å². The summed E-state index contributed by atoms with van der Waals surface area (Å²) in [6.45, 7) is 2.17. The molecule has 3 aliphatic heterocycles. The van der Waals surface area contributed by atoms with Crippen molar-refractivity contribution in [2.75, 3.05) is 11.9 Å². The fraction of sp³-hybridized carbons (Fsp3) is 0.452. The number of anilines is 1. The number of halogens is 2. The maximum atomic E-state index is 14.1. The van der Waals surface area contributed by atoms with Gasteiger partial charge in [0.1, 0.15) is 11.6 Å². The van der Waals surface area contributed by atoms with E-state index in [1.165, 1.54) is 6.42 Å². The Kier molecular flexibility index (Phi) is 7.40. The normalized spacial score (nSPS) is 29.1. The molecule has 2 N–H and O–H groups in total. The summed E-state index contributed by atoms with van der Waals surface area (Å²) in [5, 5.41) is 7.30. The van der Waals surface area contributed by atoms with Crippen molar-refractivity contribution in [2.24, 2.45) is 11.8 Å². The summed E-state index contributed by atoms with van der Waals surface area (Å²) in [6.07, 6.45) is 8.71. The highest BCUT2D eigenvalue weighted by atomic mass is 35.5. The molecule has 210 valence electrons. The van der Waals surface area contributed by atoms with E-state index in [1.807, 2.05) is 49.4 Å². The molecule has 3 fully saturated rings. The molecule has 3 amide bonds. The van der Waals surface area contributed by atoms with E-state index in [0.717, 1.165) is 36.8 Å². The molecule has 1 saturated carbocycles. The molecule has 6 rings (SSSR count). The molecule has 1 aliphatic carbocycles. The largest absolute Gasteiger partial charge is 0.359 e. The third kappa shape index (κ3) is 4.72. The fourth-order valence-corrected chi connectivity index (χ4v) is 7.28. The van der Waals surface area contributed by atoms with Gasteiger partial charge in [-0.1, -0.05) is 78.9 Å². The van der Waals surface area contributed by atoms with E-state index >= 15 is 0 Å². The number of fused-ring (bicyclic) bond motifs is 1. The molecule has 40 heavy (non-hydrogen) atoms. The molecule has 3 heterocycles. The summed E-state index contributed by atoms with van der Waals surface area (Å²) < 4.78 is 6.45. The van der Waals surface area contributed by atoms with Crippen LogP contribution in [0.5, 0.6) is 0 Å². The monoisotopic (exact) mass is 581 g/mol. The average Bonchev–Trinajstić information content (AvgIpc) is 3.58. The second-order valence-corrected chi connectivity index (χ2v) is 12.2. The minimum atomic E-state index is -1.20. The van der Waals surface area contributed by atoms with Gasteiger partial charge in [0.15, 0.2) is 0 Å². The van der Waals surface area contributed by atoms with Crippen LogP contribution in [0.2, 0.25) is 10.0 Å². The van der Waals surface area contributed by atoms with Gasteiger partial charge in [-0.25, -0.2) is 0 Å². The van der Waals surface area contributed by atoms with Crippen molar-refractivity contribution < 1.29 is 19.1 Å². The first-order valence-corrected chi connectivity index (χ1v) is 14.8. The average molecular weight is 583 g/mol. The van der Waals surface area contributed by atoms with E-state index in [1.54, 1.807) is 17.0 Å². The van der Waals surface area contributed by atoms with Gasteiger partial charge in [0.05, 0.1) is 17.9 Å². The van der Waals surface area contributed by atoms with E-state index in [2.05, 4.69) is 10.6 Å². The highest BCUT2D eigenvalue weighted by Crippen LogP contribution is 2.55. The third-order valence-corrected chi connectivity index (χ3v) is 9.67. The number of nitrogens with one attached hydrogen (secondary N) is 2. The van der Waals surface area contributed by atoms with Gasteiger partial charge in [0.2, 0.25) is 17.7 Å². The summed E-state index contributed by atoms with van der Waals surface area (Å²) in [7, 11) is 0. The Labute approximate surface area is 244 Å². The molecule has 2 aromatic rings. The second-order valence-electron chi connectivity index (χ2n) is 11.4. The molecule has 0 radical (unpaired) electrons. The zero-order chi connectivity index (χ0) is 28.0. The number of ether oxygens (including phenoxy) is 1. The van der Waals surface area contributed by atoms with Crippen LogP contribution in [-0.2, 0) is 25.5 Å². The van der Waals surface area contributed by atoms with E-state index < -0.39 is 29.6 Å². The van der Waals surface area contributed by atoms with E-state index in [9.17, 15) is 14.4 Å². The van der Waals surface area contributed by atoms with E-state index in [-0.39, 0.29) is 30.3 Å². The van der Waals surface area contributed by atoms with Crippen LogP contribution in [0.25, 0.3) is 0 Å². The van der Waals surface area contributed by atoms with Crippen molar-refractivity contribution in [3.8, 4) is 0 Å².